The highest BCUT2D eigenvalue weighted by Crippen LogP contribution is 2.34. The monoisotopic (exact) mass is 378 g/mol. The summed E-state index contributed by atoms with van der Waals surface area (Å²) in [5.41, 5.74) is 0.242. The quantitative estimate of drug-likeness (QED) is 0.498. The first-order valence-electron chi connectivity index (χ1n) is 5.99. The molecule has 0 atom stereocenters. The van der Waals surface area contributed by atoms with Crippen LogP contribution in [0.4, 0.5) is 13.2 Å². The molecule has 0 unspecified atom stereocenters. The molecule has 0 aliphatic heterocycles. The van der Waals surface area contributed by atoms with Gasteiger partial charge in [-0.1, -0.05) is 32.4 Å². The smallest absolute Gasteiger partial charge is 0.194 e. The molecule has 0 radical (unpaired) electrons. The summed E-state index contributed by atoms with van der Waals surface area (Å²) in [4.78, 5) is 8.27. The fourth-order valence-electron chi connectivity index (χ4n) is 1.73. The summed E-state index contributed by atoms with van der Waals surface area (Å²) in [5.74, 6) is -4.10. The summed E-state index contributed by atoms with van der Waals surface area (Å²) in [6.07, 6.45) is 0. The van der Waals surface area contributed by atoms with Gasteiger partial charge in [0, 0.05) is 11.0 Å². The van der Waals surface area contributed by atoms with Crippen molar-refractivity contribution in [3.63, 3.8) is 0 Å². The molecule has 7 heteroatoms. The standard InChI is InChI=1S/C14H11BrClF3N2/c1-14(2,3)11-9(15)12(16)21-13(20-11)6-4-7(17)10(19)8(18)5-6/h4-5H,1-3H3. The molecule has 0 aliphatic carbocycles. The van der Waals surface area contributed by atoms with Gasteiger partial charge in [0.25, 0.3) is 0 Å². The van der Waals surface area contributed by atoms with Crippen LogP contribution in [0.25, 0.3) is 11.4 Å². The topological polar surface area (TPSA) is 25.8 Å². The van der Waals surface area contributed by atoms with Crippen molar-refractivity contribution in [1.82, 2.24) is 9.97 Å². The van der Waals surface area contributed by atoms with Gasteiger partial charge in [0.05, 0.1) is 10.2 Å². The summed E-state index contributed by atoms with van der Waals surface area (Å²) < 4.78 is 40.2. The van der Waals surface area contributed by atoms with Crippen LogP contribution in [0.15, 0.2) is 16.6 Å². The molecular formula is C14H11BrClF3N2. The molecule has 21 heavy (non-hydrogen) atoms. The van der Waals surface area contributed by atoms with Crippen LogP contribution in [0, 0.1) is 17.5 Å². The fraction of sp³-hybridized carbons (Fsp3) is 0.286. The van der Waals surface area contributed by atoms with E-state index in [9.17, 15) is 13.2 Å². The third-order valence-corrected chi connectivity index (χ3v) is 4.02. The van der Waals surface area contributed by atoms with Gasteiger partial charge in [0.2, 0.25) is 0 Å². The maximum absolute atomic E-state index is 13.3. The van der Waals surface area contributed by atoms with Crippen molar-refractivity contribution in [3.05, 3.63) is 44.9 Å². The summed E-state index contributed by atoms with van der Waals surface area (Å²) in [7, 11) is 0. The highest BCUT2D eigenvalue weighted by atomic mass is 79.9. The van der Waals surface area contributed by atoms with Crippen LogP contribution >= 0.6 is 27.5 Å². The molecule has 0 amide bonds. The van der Waals surface area contributed by atoms with Gasteiger partial charge in [-0.05, 0) is 28.1 Å². The minimum absolute atomic E-state index is 0.0197. The Hall–Kier alpha value is -1.14. The Morgan fingerprint density at radius 3 is 2.05 bits per heavy atom. The normalized spacial score (nSPS) is 11.8. The first-order chi connectivity index (χ1) is 9.61. The lowest BCUT2D eigenvalue weighted by molar-refractivity contribution is 0.447. The number of hydrogen-bond donors (Lipinski definition) is 0. The number of rotatable bonds is 1. The molecule has 0 spiro atoms. The lowest BCUT2D eigenvalue weighted by Gasteiger charge is -2.20. The number of hydrogen-bond acceptors (Lipinski definition) is 2. The van der Waals surface area contributed by atoms with Crippen molar-refractivity contribution in [2.75, 3.05) is 0 Å². The summed E-state index contributed by atoms with van der Waals surface area (Å²) in [6.45, 7) is 5.73. The zero-order valence-electron chi connectivity index (χ0n) is 11.4. The molecule has 2 nitrogen and oxygen atoms in total. The fourth-order valence-corrected chi connectivity index (χ4v) is 2.67. The van der Waals surface area contributed by atoms with Gasteiger partial charge < -0.3 is 0 Å². The first kappa shape index (κ1) is 16.2. The molecule has 2 aromatic rings. The van der Waals surface area contributed by atoms with Crippen LogP contribution in [0.2, 0.25) is 5.15 Å². The summed E-state index contributed by atoms with van der Waals surface area (Å²) in [6, 6.07) is 1.68. The van der Waals surface area contributed by atoms with Crippen molar-refractivity contribution >= 4 is 27.5 Å². The molecule has 2 rings (SSSR count). The molecule has 0 N–H and O–H groups in total. The highest BCUT2D eigenvalue weighted by Gasteiger charge is 2.23. The van der Waals surface area contributed by atoms with E-state index in [0.29, 0.717) is 10.2 Å². The maximum atomic E-state index is 13.3. The van der Waals surface area contributed by atoms with Crippen molar-refractivity contribution in [2.24, 2.45) is 0 Å². The van der Waals surface area contributed by atoms with E-state index in [0.717, 1.165) is 12.1 Å². The van der Waals surface area contributed by atoms with Crippen LogP contribution in [0.5, 0.6) is 0 Å². The van der Waals surface area contributed by atoms with Crippen LogP contribution in [0.1, 0.15) is 26.5 Å². The second kappa shape index (κ2) is 5.57. The Morgan fingerprint density at radius 2 is 1.57 bits per heavy atom. The Bertz CT molecular complexity index is 691. The zero-order chi connectivity index (χ0) is 15.9. The van der Waals surface area contributed by atoms with Gasteiger partial charge in [0.15, 0.2) is 23.3 Å². The van der Waals surface area contributed by atoms with Gasteiger partial charge in [-0.15, -0.1) is 0 Å². The van der Waals surface area contributed by atoms with E-state index in [1.54, 1.807) is 0 Å². The first-order valence-corrected chi connectivity index (χ1v) is 7.17. The summed E-state index contributed by atoms with van der Waals surface area (Å²) in [5, 5.41) is 0.120. The Labute approximate surface area is 133 Å². The van der Waals surface area contributed by atoms with Crippen LogP contribution < -0.4 is 0 Å². The number of halogens is 5. The molecule has 1 aromatic heterocycles. The van der Waals surface area contributed by atoms with Crippen LogP contribution in [0.3, 0.4) is 0 Å². The van der Waals surface area contributed by atoms with Gasteiger partial charge in [-0.25, -0.2) is 23.1 Å². The predicted octanol–water partition coefficient (Wildman–Crippen LogP) is 5.27. The number of nitrogens with zero attached hydrogens (tertiary/aromatic N) is 2. The van der Waals surface area contributed by atoms with Gasteiger partial charge in [-0.2, -0.15) is 0 Å². The minimum Gasteiger partial charge on any atom is -0.231 e. The maximum Gasteiger partial charge on any atom is 0.194 e. The van der Waals surface area contributed by atoms with E-state index < -0.39 is 17.5 Å². The average Bonchev–Trinajstić information content (AvgIpc) is 2.37. The molecule has 1 heterocycles. The second-order valence-electron chi connectivity index (χ2n) is 5.50. The Morgan fingerprint density at radius 1 is 1.05 bits per heavy atom. The number of benzene rings is 1. The van der Waals surface area contributed by atoms with E-state index in [1.165, 1.54) is 0 Å². The van der Waals surface area contributed by atoms with Gasteiger partial charge >= 0.3 is 0 Å². The van der Waals surface area contributed by atoms with Gasteiger partial charge in [-0.3, -0.25) is 0 Å². The van der Waals surface area contributed by atoms with E-state index in [2.05, 4.69) is 25.9 Å². The van der Waals surface area contributed by atoms with Crippen molar-refractivity contribution in [1.29, 1.82) is 0 Å². The molecule has 0 saturated heterocycles. The highest BCUT2D eigenvalue weighted by molar-refractivity contribution is 9.10. The zero-order valence-corrected chi connectivity index (χ0v) is 13.8. The van der Waals surface area contributed by atoms with Crippen molar-refractivity contribution in [2.45, 2.75) is 26.2 Å². The third kappa shape index (κ3) is 3.21. The molecule has 0 saturated carbocycles. The lowest BCUT2D eigenvalue weighted by Crippen LogP contribution is -2.16. The van der Waals surface area contributed by atoms with Crippen molar-refractivity contribution in [3.8, 4) is 11.4 Å². The predicted molar refractivity (Wildman–Crippen MR) is 78.8 cm³/mol. The Kier molecular flexibility index (Phi) is 4.31. The second-order valence-corrected chi connectivity index (χ2v) is 6.66. The Balaban J connectivity index is 2.68. The molecule has 0 bridgehead atoms. The van der Waals surface area contributed by atoms with E-state index in [1.807, 2.05) is 20.8 Å². The largest absolute Gasteiger partial charge is 0.231 e. The molecule has 112 valence electrons. The molecule has 0 aliphatic rings. The van der Waals surface area contributed by atoms with Crippen molar-refractivity contribution < 1.29 is 13.2 Å². The SMILES string of the molecule is CC(C)(C)c1nc(-c2cc(F)c(F)c(F)c2)nc(Cl)c1Br. The minimum atomic E-state index is -1.53. The number of aromatic nitrogens is 2. The molecule has 1 aromatic carbocycles. The summed E-state index contributed by atoms with van der Waals surface area (Å²) >= 11 is 9.32. The van der Waals surface area contributed by atoms with Crippen LogP contribution in [-0.4, -0.2) is 9.97 Å². The lowest BCUT2D eigenvalue weighted by atomic mass is 9.92. The third-order valence-electron chi connectivity index (χ3n) is 2.76. The van der Waals surface area contributed by atoms with E-state index in [-0.39, 0.29) is 22.0 Å². The van der Waals surface area contributed by atoms with Gasteiger partial charge in [0.1, 0.15) is 5.15 Å². The van der Waals surface area contributed by atoms with Crippen LogP contribution in [-0.2, 0) is 5.41 Å². The molecule has 0 fully saturated rings. The average molecular weight is 380 g/mol. The van der Waals surface area contributed by atoms with E-state index in [4.69, 9.17) is 11.6 Å². The van der Waals surface area contributed by atoms with E-state index >= 15 is 0 Å². The molecular weight excluding hydrogens is 369 g/mol.